The van der Waals surface area contributed by atoms with Gasteiger partial charge in [-0.1, -0.05) is 44.4 Å². The van der Waals surface area contributed by atoms with Gasteiger partial charge in [0.25, 0.3) is 0 Å². The normalized spacial score (nSPS) is 14.5. The van der Waals surface area contributed by atoms with E-state index in [1.807, 2.05) is 30.5 Å². The number of likely N-dealkylation sites (N-methyl/N-ethyl adjacent to an activating group) is 1. The molecule has 0 amide bonds. The van der Waals surface area contributed by atoms with Gasteiger partial charge in [-0.3, -0.25) is 4.98 Å². The van der Waals surface area contributed by atoms with Crippen molar-refractivity contribution in [2.45, 2.75) is 25.7 Å². The predicted molar refractivity (Wildman–Crippen MR) is 103 cm³/mol. The predicted octanol–water partition coefficient (Wildman–Crippen LogP) is 3.26. The van der Waals surface area contributed by atoms with E-state index in [0.29, 0.717) is 11.8 Å². The highest BCUT2D eigenvalue weighted by Crippen LogP contribution is 2.20. The van der Waals surface area contributed by atoms with Crippen LogP contribution in [0.3, 0.4) is 0 Å². The fourth-order valence-electron chi connectivity index (χ4n) is 2.88. The minimum atomic E-state index is 0.421. The van der Waals surface area contributed by atoms with Gasteiger partial charge < -0.3 is 4.90 Å². The third kappa shape index (κ3) is 5.99. The second-order valence-corrected chi connectivity index (χ2v) is 6.16. The van der Waals surface area contributed by atoms with Gasteiger partial charge in [-0.25, -0.2) is 0 Å². The van der Waals surface area contributed by atoms with Gasteiger partial charge in [0.05, 0.1) is 5.35 Å². The van der Waals surface area contributed by atoms with Gasteiger partial charge in [-0.15, -0.1) is 13.2 Å². The van der Waals surface area contributed by atoms with Crippen LogP contribution in [0.2, 0.25) is 0 Å². The van der Waals surface area contributed by atoms with Crippen molar-refractivity contribution in [3.8, 4) is 0 Å². The zero-order valence-corrected chi connectivity index (χ0v) is 14.7. The average molecular weight is 310 g/mol. The summed E-state index contributed by atoms with van der Waals surface area (Å²) in [5, 5.41) is 1.91. The molecule has 0 bridgehead atoms. The SMILES string of the molecule is C=C/C=c1/c(C(CCC=C)CN(C)CC(C)C=C)ccnc1=C. The Kier molecular flexibility index (Phi) is 8.28. The summed E-state index contributed by atoms with van der Waals surface area (Å²) < 4.78 is 0. The number of aromatic nitrogens is 1. The number of nitrogens with zero attached hydrogens (tertiary/aromatic N) is 2. The van der Waals surface area contributed by atoms with E-state index < -0.39 is 0 Å². The standard InChI is InChI=1S/C21H30N2/c1-7-10-12-19(16-23(6)15-17(4)9-3)21-13-14-22-18(5)20(21)11-8-2/h7-9,11,13-14,17,19H,1-3,5,10,12,15-16H2,4,6H3/b20-11+. The molecular formula is C21H30N2. The van der Waals surface area contributed by atoms with Crippen molar-refractivity contribution in [1.82, 2.24) is 9.88 Å². The summed E-state index contributed by atoms with van der Waals surface area (Å²) in [6.07, 6.45) is 11.7. The molecule has 0 fully saturated rings. The first-order chi connectivity index (χ1) is 11.0. The molecule has 1 rings (SSSR count). The molecule has 0 aliphatic rings. The smallest absolute Gasteiger partial charge is 0.0633 e. The van der Waals surface area contributed by atoms with E-state index in [4.69, 9.17) is 0 Å². The quantitative estimate of drug-likeness (QED) is 0.617. The molecule has 0 aromatic carbocycles. The van der Waals surface area contributed by atoms with E-state index in [9.17, 15) is 0 Å². The number of rotatable bonds is 10. The molecule has 0 aliphatic carbocycles. The molecule has 1 heterocycles. The van der Waals surface area contributed by atoms with Crippen LogP contribution in [0.4, 0.5) is 0 Å². The molecule has 2 heteroatoms. The van der Waals surface area contributed by atoms with Gasteiger partial charge >= 0.3 is 0 Å². The first-order valence-electron chi connectivity index (χ1n) is 8.22. The highest BCUT2D eigenvalue weighted by atomic mass is 15.1. The highest BCUT2D eigenvalue weighted by molar-refractivity contribution is 5.39. The summed E-state index contributed by atoms with van der Waals surface area (Å²) in [6.45, 7) is 19.8. The zero-order valence-electron chi connectivity index (χ0n) is 14.7. The average Bonchev–Trinajstić information content (AvgIpc) is 2.53. The minimum absolute atomic E-state index is 0.421. The zero-order chi connectivity index (χ0) is 17.2. The highest BCUT2D eigenvalue weighted by Gasteiger charge is 2.16. The molecule has 1 aromatic rings. The number of hydrogen-bond acceptors (Lipinski definition) is 2. The van der Waals surface area contributed by atoms with Gasteiger partial charge in [0.1, 0.15) is 0 Å². The van der Waals surface area contributed by atoms with Gasteiger partial charge in [0, 0.05) is 24.5 Å². The fourth-order valence-corrected chi connectivity index (χ4v) is 2.88. The van der Waals surface area contributed by atoms with Crippen LogP contribution in [0.25, 0.3) is 12.7 Å². The topological polar surface area (TPSA) is 16.1 Å². The summed E-state index contributed by atoms with van der Waals surface area (Å²) in [6, 6.07) is 2.11. The first kappa shape index (κ1) is 19.1. The summed E-state index contributed by atoms with van der Waals surface area (Å²) in [4.78, 5) is 6.70. The van der Waals surface area contributed by atoms with Gasteiger partial charge in [-0.05, 0) is 43.4 Å². The maximum atomic E-state index is 4.32. The molecule has 1 aromatic heterocycles. The van der Waals surface area contributed by atoms with Crippen molar-refractivity contribution in [1.29, 1.82) is 0 Å². The van der Waals surface area contributed by atoms with Crippen molar-refractivity contribution in [2.75, 3.05) is 20.1 Å². The molecule has 23 heavy (non-hydrogen) atoms. The molecule has 0 spiro atoms. The van der Waals surface area contributed by atoms with Crippen molar-refractivity contribution in [3.05, 3.63) is 66.4 Å². The number of hydrogen-bond donors (Lipinski definition) is 0. The lowest BCUT2D eigenvalue weighted by atomic mass is 9.92. The maximum Gasteiger partial charge on any atom is 0.0633 e. The molecule has 2 unspecified atom stereocenters. The molecule has 124 valence electrons. The van der Waals surface area contributed by atoms with Crippen molar-refractivity contribution >= 4 is 12.7 Å². The minimum Gasteiger partial charge on any atom is -0.305 e. The fraction of sp³-hybridized carbons (Fsp3) is 0.381. The van der Waals surface area contributed by atoms with E-state index in [2.05, 4.69) is 56.2 Å². The summed E-state index contributed by atoms with van der Waals surface area (Å²) in [5.74, 6) is 0.907. The van der Waals surface area contributed by atoms with Crippen LogP contribution < -0.4 is 10.6 Å². The van der Waals surface area contributed by atoms with Crippen LogP contribution in [0.5, 0.6) is 0 Å². The summed E-state index contributed by atoms with van der Waals surface area (Å²) >= 11 is 0. The van der Waals surface area contributed by atoms with Crippen LogP contribution in [0.15, 0.2) is 50.2 Å². The van der Waals surface area contributed by atoms with E-state index in [-0.39, 0.29) is 0 Å². The molecule has 2 nitrogen and oxygen atoms in total. The lowest BCUT2D eigenvalue weighted by Crippen LogP contribution is -2.35. The monoisotopic (exact) mass is 310 g/mol. The van der Waals surface area contributed by atoms with E-state index in [1.54, 1.807) is 0 Å². The Morgan fingerprint density at radius 3 is 2.61 bits per heavy atom. The molecular weight excluding hydrogens is 280 g/mol. The Hall–Kier alpha value is -1.93. The second kappa shape index (κ2) is 9.96. The largest absolute Gasteiger partial charge is 0.305 e. The molecule has 2 atom stereocenters. The van der Waals surface area contributed by atoms with E-state index in [0.717, 1.165) is 36.5 Å². The molecule has 0 N–H and O–H groups in total. The molecule has 0 radical (unpaired) electrons. The Morgan fingerprint density at radius 1 is 1.26 bits per heavy atom. The third-order valence-corrected chi connectivity index (χ3v) is 4.08. The summed E-state index contributed by atoms with van der Waals surface area (Å²) in [7, 11) is 2.17. The van der Waals surface area contributed by atoms with Crippen LogP contribution in [0, 0.1) is 5.92 Å². The Labute approximate surface area is 141 Å². The van der Waals surface area contributed by atoms with E-state index >= 15 is 0 Å². The Balaban J connectivity index is 3.12. The number of pyridine rings is 1. The van der Waals surface area contributed by atoms with Gasteiger partial charge in [0.2, 0.25) is 0 Å². The lowest BCUT2D eigenvalue weighted by Gasteiger charge is -2.26. The third-order valence-electron chi connectivity index (χ3n) is 4.08. The van der Waals surface area contributed by atoms with E-state index in [1.165, 1.54) is 5.56 Å². The molecule has 0 aliphatic heterocycles. The molecule has 0 saturated carbocycles. The Bertz CT molecular complexity index is 630. The van der Waals surface area contributed by atoms with Crippen molar-refractivity contribution in [2.24, 2.45) is 5.92 Å². The Morgan fingerprint density at radius 2 is 2.00 bits per heavy atom. The second-order valence-electron chi connectivity index (χ2n) is 6.16. The molecule has 0 saturated heterocycles. The van der Waals surface area contributed by atoms with Crippen LogP contribution in [0.1, 0.15) is 31.2 Å². The van der Waals surface area contributed by atoms with Gasteiger partial charge in [0.15, 0.2) is 0 Å². The first-order valence-corrected chi connectivity index (χ1v) is 8.22. The number of allylic oxidation sites excluding steroid dienone is 2. The van der Waals surface area contributed by atoms with Crippen molar-refractivity contribution < 1.29 is 0 Å². The van der Waals surface area contributed by atoms with Crippen LogP contribution in [-0.2, 0) is 0 Å². The van der Waals surface area contributed by atoms with Crippen molar-refractivity contribution in [3.63, 3.8) is 0 Å². The summed E-state index contributed by atoms with van der Waals surface area (Å²) in [5.41, 5.74) is 1.30. The van der Waals surface area contributed by atoms with Crippen LogP contribution >= 0.6 is 0 Å². The van der Waals surface area contributed by atoms with Gasteiger partial charge in [-0.2, -0.15) is 0 Å². The van der Waals surface area contributed by atoms with Crippen LogP contribution in [-0.4, -0.2) is 30.0 Å². The maximum absolute atomic E-state index is 4.32. The lowest BCUT2D eigenvalue weighted by molar-refractivity contribution is 0.283.